The molecule has 0 unspecified atom stereocenters. The second-order valence-corrected chi connectivity index (χ2v) is 4.90. The van der Waals surface area contributed by atoms with Crippen LogP contribution in [-0.2, 0) is 9.84 Å². The molecule has 0 fully saturated rings. The first-order chi connectivity index (χ1) is 6.45. The highest BCUT2D eigenvalue weighted by Gasteiger charge is 2.12. The van der Waals surface area contributed by atoms with Gasteiger partial charge in [0.25, 0.3) is 0 Å². The van der Waals surface area contributed by atoms with E-state index < -0.39 is 9.84 Å². The van der Waals surface area contributed by atoms with E-state index in [9.17, 15) is 8.42 Å². The fourth-order valence-corrected chi connectivity index (χ4v) is 1.45. The van der Waals surface area contributed by atoms with E-state index in [1.54, 1.807) is 0 Å². The van der Waals surface area contributed by atoms with E-state index in [1.807, 2.05) is 13.8 Å². The Morgan fingerprint density at radius 1 is 1.50 bits per heavy atom. The lowest BCUT2D eigenvalue weighted by atomic mass is 10.3. The minimum atomic E-state index is -3.32. The van der Waals surface area contributed by atoms with Crippen LogP contribution in [0.5, 0.6) is 0 Å². The van der Waals surface area contributed by atoms with Gasteiger partial charge in [-0.05, 0) is 13.8 Å². The van der Waals surface area contributed by atoms with Crippen LogP contribution in [0.1, 0.15) is 12.5 Å². The van der Waals surface area contributed by atoms with Crippen molar-refractivity contribution in [1.29, 1.82) is 0 Å². The zero-order valence-corrected chi connectivity index (χ0v) is 9.22. The maximum atomic E-state index is 11.1. The Labute approximate surface area is 83.5 Å². The number of hydrogen-bond donors (Lipinski definition) is 1. The number of hydrogen-bond acceptors (Lipinski definition) is 5. The number of rotatable bonds is 3. The van der Waals surface area contributed by atoms with Crippen molar-refractivity contribution in [3.05, 3.63) is 11.8 Å². The lowest BCUT2D eigenvalue weighted by Gasteiger charge is -2.06. The molecule has 0 aromatic carbocycles. The molecule has 1 N–H and O–H groups in total. The summed E-state index contributed by atoms with van der Waals surface area (Å²) < 4.78 is 22.3. The standard InChI is InChI=1S/C8H13N3O2S/c1-4-9-7-6(2)5-10-8(11-7)14(3,12)13/h5H,4H2,1-3H3,(H,9,10,11). The summed E-state index contributed by atoms with van der Waals surface area (Å²) in [5.74, 6) is 0.572. The summed E-state index contributed by atoms with van der Waals surface area (Å²) in [6, 6.07) is 0. The average molecular weight is 215 g/mol. The van der Waals surface area contributed by atoms with Gasteiger partial charge < -0.3 is 5.32 Å². The smallest absolute Gasteiger partial charge is 0.248 e. The maximum absolute atomic E-state index is 11.1. The highest BCUT2D eigenvalue weighted by atomic mass is 32.2. The highest BCUT2D eigenvalue weighted by molar-refractivity contribution is 7.90. The summed E-state index contributed by atoms with van der Waals surface area (Å²) in [4.78, 5) is 7.68. The van der Waals surface area contributed by atoms with Crippen molar-refractivity contribution in [1.82, 2.24) is 9.97 Å². The fourth-order valence-electron chi connectivity index (χ4n) is 0.951. The number of anilines is 1. The van der Waals surface area contributed by atoms with Gasteiger partial charge in [0.15, 0.2) is 0 Å². The van der Waals surface area contributed by atoms with Gasteiger partial charge in [0.1, 0.15) is 5.82 Å². The molecule has 0 bridgehead atoms. The van der Waals surface area contributed by atoms with Gasteiger partial charge in [-0.2, -0.15) is 0 Å². The molecule has 1 rings (SSSR count). The molecule has 1 heterocycles. The zero-order chi connectivity index (χ0) is 10.8. The second kappa shape index (κ2) is 3.91. The predicted molar refractivity (Wildman–Crippen MR) is 54.0 cm³/mol. The van der Waals surface area contributed by atoms with Gasteiger partial charge in [-0.15, -0.1) is 0 Å². The molecule has 0 amide bonds. The number of aromatic nitrogens is 2. The Hall–Kier alpha value is -1.17. The first-order valence-electron chi connectivity index (χ1n) is 4.22. The number of nitrogens with one attached hydrogen (secondary N) is 1. The van der Waals surface area contributed by atoms with Gasteiger partial charge in [0.2, 0.25) is 15.0 Å². The summed E-state index contributed by atoms with van der Waals surface area (Å²) in [7, 11) is -3.32. The lowest BCUT2D eigenvalue weighted by Crippen LogP contribution is -2.09. The van der Waals surface area contributed by atoms with Gasteiger partial charge >= 0.3 is 0 Å². The molecule has 1 aromatic rings. The maximum Gasteiger partial charge on any atom is 0.248 e. The molecule has 0 radical (unpaired) electrons. The highest BCUT2D eigenvalue weighted by Crippen LogP contribution is 2.12. The van der Waals surface area contributed by atoms with Crippen molar-refractivity contribution in [3.8, 4) is 0 Å². The van der Waals surface area contributed by atoms with Crippen molar-refractivity contribution in [2.75, 3.05) is 18.1 Å². The minimum absolute atomic E-state index is 0.140. The number of nitrogens with zero attached hydrogens (tertiary/aromatic N) is 2. The third-order valence-corrected chi connectivity index (χ3v) is 2.49. The minimum Gasteiger partial charge on any atom is -0.370 e. The molecule has 5 nitrogen and oxygen atoms in total. The van der Waals surface area contributed by atoms with Gasteiger partial charge in [-0.3, -0.25) is 0 Å². The van der Waals surface area contributed by atoms with Gasteiger partial charge in [-0.25, -0.2) is 18.4 Å². The average Bonchev–Trinajstić information content (AvgIpc) is 2.07. The van der Waals surface area contributed by atoms with Crippen LogP contribution in [0, 0.1) is 6.92 Å². The van der Waals surface area contributed by atoms with Crippen molar-refractivity contribution >= 4 is 15.7 Å². The molecule has 0 spiro atoms. The Balaban J connectivity index is 3.20. The fraction of sp³-hybridized carbons (Fsp3) is 0.500. The van der Waals surface area contributed by atoms with Crippen LogP contribution < -0.4 is 5.32 Å². The third kappa shape index (κ3) is 2.41. The Morgan fingerprint density at radius 3 is 2.64 bits per heavy atom. The van der Waals surface area contributed by atoms with Crippen molar-refractivity contribution in [2.45, 2.75) is 19.0 Å². The normalized spacial score (nSPS) is 11.4. The summed E-state index contributed by atoms with van der Waals surface area (Å²) in [5, 5.41) is 2.83. The van der Waals surface area contributed by atoms with Crippen molar-refractivity contribution in [2.24, 2.45) is 0 Å². The molecular formula is C8H13N3O2S. The van der Waals surface area contributed by atoms with Crippen molar-refractivity contribution < 1.29 is 8.42 Å². The molecule has 0 saturated heterocycles. The summed E-state index contributed by atoms with van der Waals surface area (Å²) in [6.07, 6.45) is 2.59. The molecule has 0 aliphatic carbocycles. The molecule has 0 aliphatic heterocycles. The predicted octanol–water partition coefficient (Wildman–Crippen LogP) is 0.620. The van der Waals surface area contributed by atoms with Crippen LogP contribution in [0.4, 0.5) is 5.82 Å². The summed E-state index contributed by atoms with van der Waals surface area (Å²) in [6.45, 7) is 4.44. The first-order valence-corrected chi connectivity index (χ1v) is 6.12. The number of sulfone groups is 1. The van der Waals surface area contributed by atoms with Crippen LogP contribution >= 0.6 is 0 Å². The van der Waals surface area contributed by atoms with E-state index in [0.29, 0.717) is 12.4 Å². The molecule has 0 saturated carbocycles. The van der Waals surface area contributed by atoms with Crippen LogP contribution in [0.2, 0.25) is 0 Å². The van der Waals surface area contributed by atoms with E-state index in [1.165, 1.54) is 6.20 Å². The van der Waals surface area contributed by atoms with Gasteiger partial charge in [0.05, 0.1) is 0 Å². The van der Waals surface area contributed by atoms with E-state index >= 15 is 0 Å². The van der Waals surface area contributed by atoms with Gasteiger partial charge in [0, 0.05) is 24.6 Å². The Bertz CT molecular complexity index is 428. The van der Waals surface area contributed by atoms with E-state index in [2.05, 4.69) is 15.3 Å². The lowest BCUT2D eigenvalue weighted by molar-refractivity contribution is 0.593. The topological polar surface area (TPSA) is 72.0 Å². The second-order valence-electron chi connectivity index (χ2n) is 2.99. The summed E-state index contributed by atoms with van der Waals surface area (Å²) in [5.41, 5.74) is 0.833. The van der Waals surface area contributed by atoms with Crippen molar-refractivity contribution in [3.63, 3.8) is 0 Å². The molecule has 0 atom stereocenters. The molecule has 6 heteroatoms. The molecular weight excluding hydrogens is 202 g/mol. The molecule has 78 valence electrons. The molecule has 0 aliphatic rings. The van der Waals surface area contributed by atoms with Crippen LogP contribution in [0.3, 0.4) is 0 Å². The van der Waals surface area contributed by atoms with Crippen LogP contribution in [0.15, 0.2) is 11.4 Å². The third-order valence-electron chi connectivity index (χ3n) is 1.63. The van der Waals surface area contributed by atoms with E-state index in [0.717, 1.165) is 11.8 Å². The largest absolute Gasteiger partial charge is 0.370 e. The molecule has 14 heavy (non-hydrogen) atoms. The quantitative estimate of drug-likeness (QED) is 0.748. The van der Waals surface area contributed by atoms with E-state index in [4.69, 9.17) is 0 Å². The first kappa shape index (κ1) is 10.9. The van der Waals surface area contributed by atoms with Crippen LogP contribution in [0.25, 0.3) is 0 Å². The SMILES string of the molecule is CCNc1nc(S(C)(=O)=O)ncc1C. The summed E-state index contributed by atoms with van der Waals surface area (Å²) >= 11 is 0. The number of aryl methyl sites for hydroxylation is 1. The Kier molecular flexibility index (Phi) is 3.05. The molecule has 1 aromatic heterocycles. The van der Waals surface area contributed by atoms with Gasteiger partial charge in [-0.1, -0.05) is 0 Å². The zero-order valence-electron chi connectivity index (χ0n) is 8.40. The Morgan fingerprint density at radius 2 is 2.14 bits per heavy atom. The monoisotopic (exact) mass is 215 g/mol. The van der Waals surface area contributed by atoms with E-state index in [-0.39, 0.29) is 5.16 Å². The van der Waals surface area contributed by atoms with Crippen LogP contribution in [-0.4, -0.2) is 31.2 Å².